The predicted octanol–water partition coefficient (Wildman–Crippen LogP) is 2.71. The van der Waals surface area contributed by atoms with Crippen LogP contribution >= 0.6 is 15.9 Å². The molecule has 1 N–H and O–H groups in total. The van der Waals surface area contributed by atoms with E-state index in [0.29, 0.717) is 16.8 Å². The lowest BCUT2D eigenvalue weighted by molar-refractivity contribution is 0.0232. The van der Waals surface area contributed by atoms with Gasteiger partial charge in [-0.05, 0) is 33.6 Å². The Morgan fingerprint density at radius 1 is 1.22 bits per heavy atom. The van der Waals surface area contributed by atoms with Crippen molar-refractivity contribution < 1.29 is 9.63 Å². The molecule has 0 bridgehead atoms. The van der Waals surface area contributed by atoms with Gasteiger partial charge < -0.3 is 0 Å². The first-order chi connectivity index (χ1) is 8.77. The molecule has 1 heterocycles. The van der Waals surface area contributed by atoms with Gasteiger partial charge in [-0.15, -0.1) is 0 Å². The average Bonchev–Trinajstić information content (AvgIpc) is 2.40. The monoisotopic (exact) mass is 306 g/mol. The Labute approximate surface area is 113 Å². The first-order valence-corrected chi connectivity index (χ1v) is 6.13. The highest BCUT2D eigenvalue weighted by Crippen LogP contribution is 2.12. The van der Waals surface area contributed by atoms with Crippen LogP contribution in [0.15, 0.2) is 53.3 Å². The number of amides is 1. The molecule has 0 saturated carbocycles. The molecule has 0 radical (unpaired) electrons. The summed E-state index contributed by atoms with van der Waals surface area (Å²) in [6.07, 6.45) is 1.60. The molecule has 92 valence electrons. The van der Waals surface area contributed by atoms with E-state index in [4.69, 9.17) is 4.84 Å². The van der Waals surface area contributed by atoms with Gasteiger partial charge in [-0.25, -0.2) is 10.5 Å². The normalized spacial score (nSPS) is 10.1. The third kappa shape index (κ3) is 3.38. The summed E-state index contributed by atoms with van der Waals surface area (Å²) in [5.74, 6) is -0.328. The van der Waals surface area contributed by atoms with Crippen LogP contribution in [-0.4, -0.2) is 10.9 Å². The smallest absolute Gasteiger partial charge is 0.269 e. The molecule has 18 heavy (non-hydrogen) atoms. The third-order valence-electron chi connectivity index (χ3n) is 2.25. The maximum absolute atomic E-state index is 11.7. The number of hydrogen-bond acceptors (Lipinski definition) is 3. The molecular formula is C13H11BrN2O2. The van der Waals surface area contributed by atoms with Crippen LogP contribution < -0.4 is 5.48 Å². The number of carbonyl (C=O) groups excluding carboxylic acids is 1. The molecule has 0 fully saturated rings. The summed E-state index contributed by atoms with van der Waals surface area (Å²) in [4.78, 5) is 20.9. The summed E-state index contributed by atoms with van der Waals surface area (Å²) in [6, 6.07) is 13.0. The van der Waals surface area contributed by atoms with Gasteiger partial charge in [-0.1, -0.05) is 30.3 Å². The molecule has 5 heteroatoms. The fraction of sp³-hybridized carbons (Fsp3) is 0.0769. The minimum Gasteiger partial charge on any atom is -0.269 e. The summed E-state index contributed by atoms with van der Waals surface area (Å²) in [7, 11) is 0. The van der Waals surface area contributed by atoms with Gasteiger partial charge in [0, 0.05) is 6.20 Å². The number of hydroxylamine groups is 1. The summed E-state index contributed by atoms with van der Waals surface area (Å²) < 4.78 is 0.491. The number of pyridine rings is 1. The lowest BCUT2D eigenvalue weighted by Crippen LogP contribution is -2.24. The SMILES string of the molecule is O=C(NOCc1ccccc1)c1cccnc1Br. The van der Waals surface area contributed by atoms with Crippen molar-refractivity contribution in [3.05, 3.63) is 64.4 Å². The van der Waals surface area contributed by atoms with Crippen molar-refractivity contribution in [2.75, 3.05) is 0 Å². The van der Waals surface area contributed by atoms with Crippen molar-refractivity contribution >= 4 is 21.8 Å². The van der Waals surface area contributed by atoms with Crippen LogP contribution in [0.1, 0.15) is 15.9 Å². The van der Waals surface area contributed by atoms with Crippen molar-refractivity contribution in [2.24, 2.45) is 0 Å². The zero-order valence-electron chi connectivity index (χ0n) is 9.47. The molecular weight excluding hydrogens is 296 g/mol. The predicted molar refractivity (Wildman–Crippen MR) is 70.6 cm³/mol. The van der Waals surface area contributed by atoms with E-state index in [0.717, 1.165) is 5.56 Å². The van der Waals surface area contributed by atoms with E-state index in [1.807, 2.05) is 30.3 Å². The number of aromatic nitrogens is 1. The van der Waals surface area contributed by atoms with Gasteiger partial charge in [0.2, 0.25) is 0 Å². The van der Waals surface area contributed by atoms with E-state index in [1.54, 1.807) is 18.3 Å². The summed E-state index contributed by atoms with van der Waals surface area (Å²) in [5.41, 5.74) is 3.80. The molecule has 2 aromatic rings. The summed E-state index contributed by atoms with van der Waals surface area (Å²) in [6.45, 7) is 0.324. The molecule has 0 atom stereocenters. The molecule has 1 amide bonds. The molecule has 0 aliphatic heterocycles. The van der Waals surface area contributed by atoms with E-state index < -0.39 is 0 Å². The zero-order valence-corrected chi connectivity index (χ0v) is 11.1. The van der Waals surface area contributed by atoms with E-state index in [-0.39, 0.29) is 5.91 Å². The maximum Gasteiger partial charge on any atom is 0.277 e. The molecule has 1 aromatic heterocycles. The van der Waals surface area contributed by atoms with Crippen molar-refractivity contribution in [3.8, 4) is 0 Å². The van der Waals surface area contributed by atoms with Gasteiger partial charge in [0.15, 0.2) is 0 Å². The molecule has 4 nitrogen and oxygen atoms in total. The number of nitrogens with zero attached hydrogens (tertiary/aromatic N) is 1. The van der Waals surface area contributed by atoms with Gasteiger partial charge >= 0.3 is 0 Å². The van der Waals surface area contributed by atoms with Crippen molar-refractivity contribution in [3.63, 3.8) is 0 Å². The van der Waals surface area contributed by atoms with Gasteiger partial charge in [0.1, 0.15) is 4.60 Å². The van der Waals surface area contributed by atoms with Gasteiger partial charge in [-0.3, -0.25) is 9.63 Å². The molecule has 0 unspecified atom stereocenters. The highest BCUT2D eigenvalue weighted by Gasteiger charge is 2.09. The molecule has 0 saturated heterocycles. The van der Waals surface area contributed by atoms with Crippen LogP contribution in [0.3, 0.4) is 0 Å². The number of benzene rings is 1. The second kappa shape index (κ2) is 6.28. The fourth-order valence-electron chi connectivity index (χ4n) is 1.37. The fourth-order valence-corrected chi connectivity index (χ4v) is 1.80. The Hall–Kier alpha value is -1.72. The topological polar surface area (TPSA) is 51.2 Å². The van der Waals surface area contributed by atoms with Crippen LogP contribution in [0.4, 0.5) is 0 Å². The number of rotatable bonds is 4. The number of nitrogens with one attached hydrogen (secondary N) is 1. The third-order valence-corrected chi connectivity index (χ3v) is 2.88. The Bertz CT molecular complexity index is 532. The van der Waals surface area contributed by atoms with Crippen molar-refractivity contribution in [2.45, 2.75) is 6.61 Å². The summed E-state index contributed by atoms with van der Waals surface area (Å²) in [5, 5.41) is 0. The van der Waals surface area contributed by atoms with Crippen LogP contribution in [0.5, 0.6) is 0 Å². The van der Waals surface area contributed by atoms with Crippen LogP contribution in [0.25, 0.3) is 0 Å². The lowest BCUT2D eigenvalue weighted by atomic mass is 10.2. The lowest BCUT2D eigenvalue weighted by Gasteiger charge is -2.06. The second-order valence-electron chi connectivity index (χ2n) is 3.55. The minimum atomic E-state index is -0.328. The van der Waals surface area contributed by atoms with Gasteiger partial charge in [0.25, 0.3) is 5.91 Å². The van der Waals surface area contributed by atoms with Crippen molar-refractivity contribution in [1.82, 2.24) is 10.5 Å². The number of halogens is 1. The first-order valence-electron chi connectivity index (χ1n) is 5.34. The molecule has 1 aromatic carbocycles. The average molecular weight is 307 g/mol. The van der Waals surface area contributed by atoms with Crippen LogP contribution in [0, 0.1) is 0 Å². The molecule has 0 aliphatic carbocycles. The quantitative estimate of drug-likeness (QED) is 0.698. The number of carbonyl (C=O) groups is 1. The van der Waals surface area contributed by atoms with E-state index in [1.165, 1.54) is 0 Å². The Morgan fingerprint density at radius 3 is 2.72 bits per heavy atom. The summed E-state index contributed by atoms with van der Waals surface area (Å²) >= 11 is 3.21. The van der Waals surface area contributed by atoms with E-state index in [9.17, 15) is 4.79 Å². The van der Waals surface area contributed by atoms with Crippen LogP contribution in [-0.2, 0) is 11.4 Å². The maximum atomic E-state index is 11.7. The highest BCUT2D eigenvalue weighted by atomic mass is 79.9. The highest BCUT2D eigenvalue weighted by molar-refractivity contribution is 9.10. The zero-order chi connectivity index (χ0) is 12.8. The Kier molecular flexibility index (Phi) is 4.44. The Morgan fingerprint density at radius 2 is 2.00 bits per heavy atom. The largest absolute Gasteiger partial charge is 0.277 e. The molecule has 0 spiro atoms. The minimum absolute atomic E-state index is 0.324. The van der Waals surface area contributed by atoms with E-state index >= 15 is 0 Å². The van der Waals surface area contributed by atoms with Gasteiger partial charge in [-0.2, -0.15) is 0 Å². The van der Waals surface area contributed by atoms with Gasteiger partial charge in [0.05, 0.1) is 12.2 Å². The van der Waals surface area contributed by atoms with Crippen molar-refractivity contribution in [1.29, 1.82) is 0 Å². The molecule has 2 rings (SSSR count). The standard InChI is InChI=1S/C13H11BrN2O2/c14-12-11(7-4-8-15-12)13(17)16-18-9-10-5-2-1-3-6-10/h1-8H,9H2,(H,16,17). The van der Waals surface area contributed by atoms with Crippen LogP contribution in [0.2, 0.25) is 0 Å². The first kappa shape index (κ1) is 12.7. The Balaban J connectivity index is 1.88. The molecule has 0 aliphatic rings. The second-order valence-corrected chi connectivity index (χ2v) is 4.30. The van der Waals surface area contributed by atoms with E-state index in [2.05, 4.69) is 26.4 Å². The number of hydrogen-bond donors (Lipinski definition) is 1.